The number of rotatable bonds is 7. The van der Waals surface area contributed by atoms with Crippen LogP contribution >= 0.6 is 0 Å². The second-order valence-electron chi connectivity index (χ2n) is 6.70. The Morgan fingerprint density at radius 3 is 2.00 bits per heavy atom. The summed E-state index contributed by atoms with van der Waals surface area (Å²) in [5, 5.41) is 3.12. The van der Waals surface area contributed by atoms with Crippen molar-refractivity contribution in [3.05, 3.63) is 95.6 Å². The quantitative estimate of drug-likeness (QED) is 0.652. The van der Waals surface area contributed by atoms with Gasteiger partial charge in [0.25, 0.3) is 5.91 Å². The van der Waals surface area contributed by atoms with Crippen LogP contribution in [0.15, 0.2) is 78.9 Å². The molecule has 3 aromatic rings. The SMILES string of the molecule is COc1ccc(O[C@@H](C)C(=O)N[C@@H](c2ccccc2)c2ccc(C)cc2)cc1. The Morgan fingerprint density at radius 2 is 1.39 bits per heavy atom. The molecule has 3 rings (SSSR count). The van der Waals surface area contributed by atoms with Gasteiger partial charge in [0.2, 0.25) is 0 Å². The van der Waals surface area contributed by atoms with Gasteiger partial charge in [0, 0.05) is 0 Å². The lowest BCUT2D eigenvalue weighted by Gasteiger charge is -2.23. The molecule has 0 heterocycles. The van der Waals surface area contributed by atoms with Crippen molar-refractivity contribution in [3.8, 4) is 11.5 Å². The van der Waals surface area contributed by atoms with Crippen LogP contribution in [0.5, 0.6) is 11.5 Å². The first-order valence-electron chi connectivity index (χ1n) is 9.29. The van der Waals surface area contributed by atoms with E-state index in [0.717, 1.165) is 16.9 Å². The summed E-state index contributed by atoms with van der Waals surface area (Å²) in [7, 11) is 1.61. The van der Waals surface area contributed by atoms with Crippen LogP contribution in [0.3, 0.4) is 0 Å². The number of methoxy groups -OCH3 is 1. The van der Waals surface area contributed by atoms with Crippen LogP contribution in [0.25, 0.3) is 0 Å². The third kappa shape index (κ3) is 4.92. The first-order chi connectivity index (χ1) is 13.6. The highest BCUT2D eigenvalue weighted by molar-refractivity contribution is 5.81. The summed E-state index contributed by atoms with van der Waals surface area (Å²) in [5.74, 6) is 1.19. The largest absolute Gasteiger partial charge is 0.497 e. The maximum Gasteiger partial charge on any atom is 0.261 e. The van der Waals surface area contributed by atoms with Crippen LogP contribution in [0.1, 0.15) is 29.7 Å². The summed E-state index contributed by atoms with van der Waals surface area (Å²) in [6.07, 6.45) is -0.634. The van der Waals surface area contributed by atoms with E-state index in [1.807, 2.05) is 49.4 Å². The Hall–Kier alpha value is -3.27. The summed E-state index contributed by atoms with van der Waals surface area (Å²) in [4.78, 5) is 12.8. The molecule has 0 aliphatic carbocycles. The minimum Gasteiger partial charge on any atom is -0.497 e. The molecular formula is C24H25NO3. The molecule has 0 aliphatic heterocycles. The van der Waals surface area contributed by atoms with Crippen molar-refractivity contribution in [2.45, 2.75) is 26.0 Å². The fraction of sp³-hybridized carbons (Fsp3) is 0.208. The number of amides is 1. The molecule has 0 saturated heterocycles. The summed E-state index contributed by atoms with van der Waals surface area (Å²) >= 11 is 0. The van der Waals surface area contributed by atoms with Crippen LogP contribution in [-0.4, -0.2) is 19.1 Å². The zero-order chi connectivity index (χ0) is 19.9. The Kier molecular flexibility index (Phi) is 6.33. The summed E-state index contributed by atoms with van der Waals surface area (Å²) in [6, 6.07) is 25.1. The average molecular weight is 375 g/mol. The summed E-state index contributed by atoms with van der Waals surface area (Å²) in [6.45, 7) is 3.79. The van der Waals surface area contributed by atoms with Crippen molar-refractivity contribution in [2.75, 3.05) is 7.11 Å². The molecule has 0 aliphatic rings. The summed E-state index contributed by atoms with van der Waals surface area (Å²) in [5.41, 5.74) is 3.23. The molecule has 0 radical (unpaired) electrons. The number of nitrogens with one attached hydrogen (secondary N) is 1. The maximum absolute atomic E-state index is 12.8. The highest BCUT2D eigenvalue weighted by atomic mass is 16.5. The number of carbonyl (C=O) groups excluding carboxylic acids is 1. The second-order valence-corrected chi connectivity index (χ2v) is 6.70. The van der Waals surface area contributed by atoms with E-state index in [4.69, 9.17) is 9.47 Å². The molecule has 0 aromatic heterocycles. The van der Waals surface area contributed by atoms with Gasteiger partial charge in [-0.3, -0.25) is 4.79 Å². The Balaban J connectivity index is 1.75. The minimum absolute atomic E-state index is 0.176. The van der Waals surface area contributed by atoms with E-state index >= 15 is 0 Å². The molecule has 3 aromatic carbocycles. The molecule has 0 spiro atoms. The predicted molar refractivity (Wildman–Crippen MR) is 111 cm³/mol. The van der Waals surface area contributed by atoms with E-state index in [9.17, 15) is 4.79 Å². The normalized spacial score (nSPS) is 12.7. The predicted octanol–water partition coefficient (Wildman–Crippen LogP) is 4.68. The van der Waals surface area contributed by atoms with Gasteiger partial charge in [0.1, 0.15) is 11.5 Å². The van der Waals surface area contributed by atoms with E-state index in [0.29, 0.717) is 5.75 Å². The van der Waals surface area contributed by atoms with Crippen molar-refractivity contribution in [3.63, 3.8) is 0 Å². The van der Waals surface area contributed by atoms with E-state index in [1.54, 1.807) is 38.3 Å². The number of hydrogen-bond acceptors (Lipinski definition) is 3. The van der Waals surface area contributed by atoms with Crippen LogP contribution < -0.4 is 14.8 Å². The van der Waals surface area contributed by atoms with E-state index in [-0.39, 0.29) is 11.9 Å². The van der Waals surface area contributed by atoms with Crippen molar-refractivity contribution in [1.29, 1.82) is 0 Å². The zero-order valence-corrected chi connectivity index (χ0v) is 16.4. The van der Waals surface area contributed by atoms with Crippen molar-refractivity contribution >= 4 is 5.91 Å². The topological polar surface area (TPSA) is 47.6 Å². The highest BCUT2D eigenvalue weighted by Gasteiger charge is 2.21. The number of aryl methyl sites for hydroxylation is 1. The first-order valence-corrected chi connectivity index (χ1v) is 9.29. The Bertz CT molecular complexity index is 889. The molecule has 0 bridgehead atoms. The van der Waals surface area contributed by atoms with Crippen LogP contribution in [0.4, 0.5) is 0 Å². The molecule has 0 saturated carbocycles. The van der Waals surface area contributed by atoms with Crippen LogP contribution in [0.2, 0.25) is 0 Å². The minimum atomic E-state index is -0.634. The number of benzene rings is 3. The van der Waals surface area contributed by atoms with Crippen LogP contribution in [-0.2, 0) is 4.79 Å². The molecule has 1 amide bonds. The molecule has 28 heavy (non-hydrogen) atoms. The van der Waals surface area contributed by atoms with Crippen LogP contribution in [0, 0.1) is 6.92 Å². The Labute approximate surface area is 166 Å². The van der Waals surface area contributed by atoms with Gasteiger partial charge < -0.3 is 14.8 Å². The van der Waals surface area contributed by atoms with Gasteiger partial charge in [-0.05, 0) is 49.2 Å². The molecule has 4 nitrogen and oxygen atoms in total. The van der Waals surface area contributed by atoms with Crippen molar-refractivity contribution < 1.29 is 14.3 Å². The van der Waals surface area contributed by atoms with Crippen molar-refractivity contribution in [1.82, 2.24) is 5.32 Å². The smallest absolute Gasteiger partial charge is 0.261 e. The van der Waals surface area contributed by atoms with Gasteiger partial charge in [-0.2, -0.15) is 0 Å². The standard InChI is InChI=1S/C24H25NO3/c1-17-9-11-20(12-10-17)23(19-7-5-4-6-8-19)25-24(26)18(2)28-22-15-13-21(27-3)14-16-22/h4-16,18,23H,1-3H3,(H,25,26)/t18-,23-/m0/s1. The van der Waals surface area contributed by atoms with Gasteiger partial charge in [0.15, 0.2) is 6.10 Å². The third-order valence-corrected chi connectivity index (χ3v) is 4.57. The van der Waals surface area contributed by atoms with Gasteiger partial charge in [-0.25, -0.2) is 0 Å². The van der Waals surface area contributed by atoms with Gasteiger partial charge in [-0.15, -0.1) is 0 Å². The summed E-state index contributed by atoms with van der Waals surface area (Å²) < 4.78 is 10.9. The fourth-order valence-electron chi connectivity index (χ4n) is 2.94. The molecule has 2 atom stereocenters. The molecule has 0 unspecified atom stereocenters. The van der Waals surface area contributed by atoms with Gasteiger partial charge in [0.05, 0.1) is 13.2 Å². The first kappa shape index (κ1) is 19.5. The number of ether oxygens (including phenoxy) is 2. The van der Waals surface area contributed by atoms with Gasteiger partial charge >= 0.3 is 0 Å². The Morgan fingerprint density at radius 1 is 0.821 bits per heavy atom. The lowest BCUT2D eigenvalue weighted by molar-refractivity contribution is -0.127. The molecular weight excluding hydrogens is 350 g/mol. The molecule has 1 N–H and O–H groups in total. The lowest BCUT2D eigenvalue weighted by atomic mass is 9.97. The molecule has 4 heteroatoms. The average Bonchev–Trinajstić information content (AvgIpc) is 2.73. The molecule has 0 fully saturated rings. The van der Waals surface area contributed by atoms with E-state index < -0.39 is 6.10 Å². The van der Waals surface area contributed by atoms with E-state index in [1.165, 1.54) is 5.56 Å². The lowest BCUT2D eigenvalue weighted by Crippen LogP contribution is -2.39. The fourth-order valence-corrected chi connectivity index (χ4v) is 2.94. The second kappa shape index (κ2) is 9.09. The van der Waals surface area contributed by atoms with Gasteiger partial charge in [-0.1, -0.05) is 60.2 Å². The molecule has 144 valence electrons. The van der Waals surface area contributed by atoms with E-state index in [2.05, 4.69) is 17.4 Å². The maximum atomic E-state index is 12.8. The zero-order valence-electron chi connectivity index (χ0n) is 16.4. The highest BCUT2D eigenvalue weighted by Crippen LogP contribution is 2.23. The number of hydrogen-bond donors (Lipinski definition) is 1. The number of carbonyl (C=O) groups is 1. The monoisotopic (exact) mass is 375 g/mol. The third-order valence-electron chi connectivity index (χ3n) is 4.57. The van der Waals surface area contributed by atoms with Crippen molar-refractivity contribution in [2.24, 2.45) is 0 Å².